The number of hydrogen-bond acceptors (Lipinski definition) is 8. The van der Waals surface area contributed by atoms with Gasteiger partial charge in [0.05, 0.1) is 17.7 Å². The highest BCUT2D eigenvalue weighted by atomic mass is 16.5. The summed E-state index contributed by atoms with van der Waals surface area (Å²) in [5.74, 6) is 0.933. The van der Waals surface area contributed by atoms with Gasteiger partial charge in [-0.05, 0) is 79.3 Å². The highest BCUT2D eigenvalue weighted by Gasteiger charge is 2.39. The fraction of sp³-hybridized carbons (Fsp3) is 0.455. The van der Waals surface area contributed by atoms with Gasteiger partial charge < -0.3 is 19.3 Å². The van der Waals surface area contributed by atoms with Crippen LogP contribution < -0.4 is 15.0 Å². The van der Waals surface area contributed by atoms with Gasteiger partial charge in [0.15, 0.2) is 0 Å². The van der Waals surface area contributed by atoms with Crippen molar-refractivity contribution in [3.63, 3.8) is 0 Å². The standard InChI is InChI=1S/C33H35N5O5/c39-31-10-8-29(32(40)35-31)38-16-22-14-23(5-6-27(22)33(38)41)42-26-11-12-36(17-26)15-20-1-7-28-21(13-20)2-9-30(34-28)37-18-24-3-4-25(19-37)43-24/h1-2,5-7,9,13-14,24-26,29H,3-4,8,10-12,15-19H2,(H,35,39,40)/t24-,25+,26-,29?/m0/s1. The van der Waals surface area contributed by atoms with Crippen LogP contribution in [0.4, 0.5) is 5.82 Å². The number of nitrogens with zero attached hydrogens (tertiary/aromatic N) is 4. The Morgan fingerprint density at radius 2 is 1.79 bits per heavy atom. The molecule has 0 saturated carbocycles. The number of morpholine rings is 1. The van der Waals surface area contributed by atoms with Crippen molar-refractivity contribution in [2.24, 2.45) is 0 Å². The van der Waals surface area contributed by atoms with Crippen LogP contribution in [0.2, 0.25) is 0 Å². The Balaban J connectivity index is 0.881. The molecular weight excluding hydrogens is 546 g/mol. The second-order valence-electron chi connectivity index (χ2n) is 12.5. The van der Waals surface area contributed by atoms with Crippen LogP contribution in [-0.4, -0.2) is 83.0 Å². The van der Waals surface area contributed by atoms with E-state index in [4.69, 9.17) is 14.5 Å². The van der Waals surface area contributed by atoms with Gasteiger partial charge in [-0.25, -0.2) is 4.98 Å². The fourth-order valence-electron chi connectivity index (χ4n) is 7.35. The van der Waals surface area contributed by atoms with Crippen LogP contribution in [0.3, 0.4) is 0 Å². The molecule has 4 fully saturated rings. The fourth-order valence-corrected chi connectivity index (χ4v) is 7.35. The van der Waals surface area contributed by atoms with Crippen LogP contribution in [0.5, 0.6) is 5.75 Å². The topological polar surface area (TPSA) is 104 Å². The molecule has 1 N–H and O–H groups in total. The summed E-state index contributed by atoms with van der Waals surface area (Å²) in [5, 5.41) is 3.51. The first-order valence-corrected chi connectivity index (χ1v) is 15.4. The molecule has 2 aromatic carbocycles. The lowest BCUT2D eigenvalue weighted by Crippen LogP contribution is -2.52. The summed E-state index contributed by atoms with van der Waals surface area (Å²) in [5.41, 5.74) is 3.74. The van der Waals surface area contributed by atoms with E-state index in [-0.39, 0.29) is 24.3 Å². The van der Waals surface area contributed by atoms with Crippen molar-refractivity contribution in [1.29, 1.82) is 0 Å². The van der Waals surface area contributed by atoms with E-state index in [0.29, 0.717) is 30.7 Å². The van der Waals surface area contributed by atoms with Crippen LogP contribution >= 0.6 is 0 Å². The first-order chi connectivity index (χ1) is 20.9. The highest BCUT2D eigenvalue weighted by Crippen LogP contribution is 2.32. The SMILES string of the molecule is O=C1CCC(N2Cc3cc(O[C@H]4CCN(Cc5ccc6nc(N7C[C@H]8CC[C@@H](C7)O8)ccc6c5)C4)ccc3C2=O)C(=O)N1. The normalized spacial score (nSPS) is 27.2. The molecule has 43 heavy (non-hydrogen) atoms. The number of rotatable bonds is 6. The van der Waals surface area contributed by atoms with Gasteiger partial charge in [0.2, 0.25) is 11.8 Å². The summed E-state index contributed by atoms with van der Waals surface area (Å²) in [7, 11) is 0. The minimum Gasteiger partial charge on any atom is -0.489 e. The Morgan fingerprint density at radius 1 is 0.930 bits per heavy atom. The number of fused-ring (bicyclic) bond motifs is 4. The van der Waals surface area contributed by atoms with E-state index in [1.807, 2.05) is 12.1 Å². The van der Waals surface area contributed by atoms with E-state index >= 15 is 0 Å². The second kappa shape index (κ2) is 10.6. The van der Waals surface area contributed by atoms with E-state index in [2.05, 4.69) is 45.4 Å². The third kappa shape index (κ3) is 5.12. The first-order valence-electron chi connectivity index (χ1n) is 15.4. The summed E-state index contributed by atoms with van der Waals surface area (Å²) in [6.45, 7) is 4.83. The third-order valence-corrected chi connectivity index (χ3v) is 9.54. The highest BCUT2D eigenvalue weighted by molar-refractivity contribution is 6.05. The lowest BCUT2D eigenvalue weighted by molar-refractivity contribution is -0.136. The molecule has 0 spiro atoms. The Morgan fingerprint density at radius 3 is 2.63 bits per heavy atom. The van der Waals surface area contributed by atoms with E-state index in [1.165, 1.54) is 5.56 Å². The number of piperidine rings is 1. The quantitative estimate of drug-likeness (QED) is 0.443. The number of benzene rings is 2. The monoisotopic (exact) mass is 581 g/mol. The molecule has 0 aliphatic carbocycles. The van der Waals surface area contributed by atoms with Crippen LogP contribution in [0.15, 0.2) is 48.5 Å². The summed E-state index contributed by atoms with van der Waals surface area (Å²) >= 11 is 0. The third-order valence-electron chi connectivity index (χ3n) is 9.54. The summed E-state index contributed by atoms with van der Waals surface area (Å²) < 4.78 is 12.4. The molecule has 10 heteroatoms. The molecule has 6 heterocycles. The van der Waals surface area contributed by atoms with Crippen molar-refractivity contribution in [2.45, 2.75) is 69.5 Å². The van der Waals surface area contributed by atoms with Gasteiger partial charge in [0.1, 0.15) is 23.7 Å². The molecule has 5 aliphatic heterocycles. The molecule has 8 rings (SSSR count). The number of nitrogens with one attached hydrogen (secondary N) is 1. The lowest BCUT2D eigenvalue weighted by Gasteiger charge is -2.33. The van der Waals surface area contributed by atoms with E-state index in [9.17, 15) is 14.4 Å². The Bertz CT molecular complexity index is 1610. The largest absolute Gasteiger partial charge is 0.489 e. The molecule has 0 radical (unpaired) electrons. The van der Waals surface area contributed by atoms with Gasteiger partial charge in [0.25, 0.3) is 5.91 Å². The average Bonchev–Trinajstić information content (AvgIpc) is 3.68. The number of likely N-dealkylation sites (tertiary alicyclic amines) is 1. The van der Waals surface area contributed by atoms with Crippen molar-refractivity contribution >= 4 is 34.4 Å². The smallest absolute Gasteiger partial charge is 0.255 e. The zero-order valence-electron chi connectivity index (χ0n) is 24.0. The van der Waals surface area contributed by atoms with Crippen LogP contribution in [-0.2, 0) is 27.4 Å². The number of carbonyl (C=O) groups is 3. The van der Waals surface area contributed by atoms with E-state index in [0.717, 1.165) is 80.0 Å². The van der Waals surface area contributed by atoms with Crippen molar-refractivity contribution in [3.8, 4) is 5.75 Å². The number of pyridine rings is 1. The van der Waals surface area contributed by atoms with Crippen molar-refractivity contribution in [1.82, 2.24) is 20.1 Å². The minimum absolute atomic E-state index is 0.0647. The van der Waals surface area contributed by atoms with Gasteiger partial charge in [0, 0.05) is 56.6 Å². The predicted molar refractivity (Wildman–Crippen MR) is 159 cm³/mol. The van der Waals surface area contributed by atoms with E-state index in [1.54, 1.807) is 11.0 Å². The van der Waals surface area contributed by atoms with Gasteiger partial charge in [-0.1, -0.05) is 6.07 Å². The van der Waals surface area contributed by atoms with Gasteiger partial charge in [-0.3, -0.25) is 24.6 Å². The number of hydrogen-bond donors (Lipinski definition) is 1. The van der Waals surface area contributed by atoms with Crippen LogP contribution in [0.25, 0.3) is 10.9 Å². The number of amides is 3. The van der Waals surface area contributed by atoms with Crippen molar-refractivity contribution in [3.05, 3.63) is 65.2 Å². The maximum absolute atomic E-state index is 13.0. The Kier molecular flexibility index (Phi) is 6.56. The molecule has 4 atom stereocenters. The molecule has 3 aromatic rings. The zero-order valence-corrected chi connectivity index (χ0v) is 24.0. The summed E-state index contributed by atoms with van der Waals surface area (Å²) in [6.07, 6.45) is 4.59. The summed E-state index contributed by atoms with van der Waals surface area (Å²) in [6, 6.07) is 15.9. The lowest BCUT2D eigenvalue weighted by atomic mass is 10.0. The van der Waals surface area contributed by atoms with Gasteiger partial charge in [-0.15, -0.1) is 0 Å². The minimum atomic E-state index is -0.613. The maximum atomic E-state index is 13.0. The molecule has 2 bridgehead atoms. The number of ether oxygens (including phenoxy) is 2. The molecule has 10 nitrogen and oxygen atoms in total. The van der Waals surface area contributed by atoms with Crippen molar-refractivity contribution < 1.29 is 23.9 Å². The number of carbonyl (C=O) groups excluding carboxylic acids is 3. The molecule has 3 amide bonds. The van der Waals surface area contributed by atoms with Gasteiger partial charge >= 0.3 is 0 Å². The number of anilines is 1. The molecule has 1 unspecified atom stereocenters. The van der Waals surface area contributed by atoms with Crippen molar-refractivity contribution in [2.75, 3.05) is 31.1 Å². The van der Waals surface area contributed by atoms with Crippen LogP contribution in [0, 0.1) is 0 Å². The first kappa shape index (κ1) is 26.6. The maximum Gasteiger partial charge on any atom is 0.255 e. The second-order valence-corrected chi connectivity index (χ2v) is 12.5. The average molecular weight is 582 g/mol. The molecule has 4 saturated heterocycles. The number of imide groups is 1. The van der Waals surface area contributed by atoms with Gasteiger partial charge in [-0.2, -0.15) is 0 Å². The number of aromatic nitrogens is 1. The predicted octanol–water partition coefficient (Wildman–Crippen LogP) is 3.02. The Labute approximate surface area is 249 Å². The van der Waals surface area contributed by atoms with Crippen LogP contribution in [0.1, 0.15) is 53.6 Å². The summed E-state index contributed by atoms with van der Waals surface area (Å²) in [4.78, 5) is 48.2. The van der Waals surface area contributed by atoms with E-state index < -0.39 is 11.9 Å². The Hall–Kier alpha value is -4.02. The molecular formula is C33H35N5O5. The zero-order chi connectivity index (χ0) is 29.1. The molecule has 1 aromatic heterocycles. The molecule has 5 aliphatic rings. The molecule has 222 valence electrons.